The lowest BCUT2D eigenvalue weighted by molar-refractivity contribution is -0.136. The summed E-state index contributed by atoms with van der Waals surface area (Å²) >= 11 is 6.11. The third kappa shape index (κ3) is 5.29. The maximum Gasteiger partial charge on any atom is 0.340 e. The summed E-state index contributed by atoms with van der Waals surface area (Å²) in [4.78, 5) is 26.5. The lowest BCUT2D eigenvalue weighted by Gasteiger charge is -2.30. The number of rotatable bonds is 5. The minimum atomic E-state index is -3.70. The highest BCUT2D eigenvalue weighted by Gasteiger charge is 2.28. The van der Waals surface area contributed by atoms with Crippen molar-refractivity contribution >= 4 is 33.5 Å². The van der Waals surface area contributed by atoms with E-state index in [2.05, 4.69) is 6.92 Å². The fourth-order valence-electron chi connectivity index (χ4n) is 3.79. The van der Waals surface area contributed by atoms with Crippen LogP contribution in [0, 0.1) is 5.92 Å². The molecule has 2 heterocycles. The van der Waals surface area contributed by atoms with Gasteiger partial charge in [-0.1, -0.05) is 24.9 Å². The van der Waals surface area contributed by atoms with E-state index in [0.29, 0.717) is 32.1 Å². The molecule has 1 unspecified atom stereocenters. The van der Waals surface area contributed by atoms with Gasteiger partial charge in [0.05, 0.1) is 15.5 Å². The first-order valence-corrected chi connectivity index (χ1v) is 11.9. The quantitative estimate of drug-likeness (QED) is 0.654. The molecule has 1 atom stereocenters. The molecule has 1 amide bonds. The van der Waals surface area contributed by atoms with Gasteiger partial charge in [-0.05, 0) is 49.8 Å². The first-order chi connectivity index (χ1) is 13.8. The molecule has 0 spiro atoms. The molecule has 0 aromatic heterocycles. The Hall–Kier alpha value is -1.64. The van der Waals surface area contributed by atoms with E-state index in [9.17, 15) is 18.0 Å². The van der Waals surface area contributed by atoms with E-state index in [1.807, 2.05) is 0 Å². The van der Waals surface area contributed by atoms with Crippen LogP contribution in [0.5, 0.6) is 0 Å². The van der Waals surface area contributed by atoms with Gasteiger partial charge in [0, 0.05) is 26.2 Å². The van der Waals surface area contributed by atoms with E-state index < -0.39 is 16.0 Å². The Kier molecular flexibility index (Phi) is 7.19. The van der Waals surface area contributed by atoms with Gasteiger partial charge in [0.1, 0.15) is 0 Å². The van der Waals surface area contributed by atoms with Crippen LogP contribution in [-0.2, 0) is 19.6 Å². The molecule has 7 nitrogen and oxygen atoms in total. The zero-order valence-corrected chi connectivity index (χ0v) is 18.2. The van der Waals surface area contributed by atoms with Gasteiger partial charge in [0.15, 0.2) is 6.61 Å². The predicted molar refractivity (Wildman–Crippen MR) is 109 cm³/mol. The molecule has 1 aromatic carbocycles. The van der Waals surface area contributed by atoms with Crippen LogP contribution in [0.4, 0.5) is 0 Å². The number of ether oxygens (including phenoxy) is 1. The topological polar surface area (TPSA) is 84.0 Å². The van der Waals surface area contributed by atoms with Crippen molar-refractivity contribution in [3.8, 4) is 0 Å². The van der Waals surface area contributed by atoms with Crippen LogP contribution in [0.1, 0.15) is 49.4 Å². The molecule has 0 radical (unpaired) electrons. The van der Waals surface area contributed by atoms with Gasteiger partial charge in [-0.25, -0.2) is 13.2 Å². The summed E-state index contributed by atoms with van der Waals surface area (Å²) in [5, 5.41) is 0.0895. The monoisotopic (exact) mass is 442 g/mol. The molecule has 2 saturated heterocycles. The van der Waals surface area contributed by atoms with Gasteiger partial charge in [-0.15, -0.1) is 0 Å². The first-order valence-electron chi connectivity index (χ1n) is 10.0. The highest BCUT2D eigenvalue weighted by Crippen LogP contribution is 2.25. The fraction of sp³-hybridized carbons (Fsp3) is 0.600. The summed E-state index contributed by atoms with van der Waals surface area (Å²) in [7, 11) is -3.70. The minimum absolute atomic E-state index is 0.00642. The SMILES string of the molecule is CC1CCCN(C(=O)COC(=O)c2cc(S(=O)(=O)N3CCCCC3)ccc2Cl)C1. The molecule has 2 fully saturated rings. The number of benzene rings is 1. The first kappa shape index (κ1) is 22.1. The Balaban J connectivity index is 1.69. The molecular formula is C20H27ClN2O5S. The maximum atomic E-state index is 12.8. The lowest BCUT2D eigenvalue weighted by atomic mass is 10.0. The average molecular weight is 443 g/mol. The van der Waals surface area contributed by atoms with Crippen LogP contribution in [0.3, 0.4) is 0 Å². The molecule has 0 N–H and O–H groups in total. The number of esters is 1. The molecule has 0 aliphatic carbocycles. The van der Waals surface area contributed by atoms with Crippen molar-refractivity contribution in [2.75, 3.05) is 32.8 Å². The Bertz CT molecular complexity index is 868. The van der Waals surface area contributed by atoms with Crippen LogP contribution in [-0.4, -0.2) is 62.3 Å². The molecule has 0 saturated carbocycles. The zero-order chi connectivity index (χ0) is 21.0. The lowest BCUT2D eigenvalue weighted by Crippen LogP contribution is -2.41. The Morgan fingerprint density at radius 3 is 2.55 bits per heavy atom. The smallest absolute Gasteiger partial charge is 0.340 e. The van der Waals surface area contributed by atoms with Crippen LogP contribution in [0.2, 0.25) is 5.02 Å². The van der Waals surface area contributed by atoms with E-state index in [0.717, 1.165) is 32.1 Å². The summed E-state index contributed by atoms with van der Waals surface area (Å²) in [6.07, 6.45) is 4.66. The van der Waals surface area contributed by atoms with Crippen molar-refractivity contribution < 1.29 is 22.7 Å². The molecule has 160 valence electrons. The zero-order valence-electron chi connectivity index (χ0n) is 16.6. The molecule has 29 heavy (non-hydrogen) atoms. The van der Waals surface area contributed by atoms with Crippen LogP contribution >= 0.6 is 11.6 Å². The van der Waals surface area contributed by atoms with Crippen LogP contribution in [0.15, 0.2) is 23.1 Å². The standard InChI is InChI=1S/C20H27ClN2O5S/c1-15-6-5-9-22(13-15)19(24)14-28-20(25)17-12-16(7-8-18(17)21)29(26,27)23-10-3-2-4-11-23/h7-8,12,15H,2-6,9-11,13-14H2,1H3. The highest BCUT2D eigenvalue weighted by atomic mass is 35.5. The van der Waals surface area contributed by atoms with E-state index in [1.165, 1.54) is 22.5 Å². The number of hydrogen-bond acceptors (Lipinski definition) is 5. The van der Waals surface area contributed by atoms with Gasteiger partial charge in [0.25, 0.3) is 5.91 Å². The summed E-state index contributed by atoms with van der Waals surface area (Å²) in [5.74, 6) is -0.628. The number of piperidine rings is 2. The van der Waals surface area contributed by atoms with Crippen molar-refractivity contribution in [2.45, 2.75) is 43.9 Å². The molecule has 9 heteroatoms. The molecule has 0 bridgehead atoms. The fourth-order valence-corrected chi connectivity index (χ4v) is 5.53. The Morgan fingerprint density at radius 1 is 1.14 bits per heavy atom. The van der Waals surface area contributed by atoms with Gasteiger partial charge < -0.3 is 9.64 Å². The van der Waals surface area contributed by atoms with Gasteiger partial charge in [-0.2, -0.15) is 4.31 Å². The number of halogens is 1. The third-order valence-electron chi connectivity index (χ3n) is 5.45. The van der Waals surface area contributed by atoms with Crippen molar-refractivity contribution in [1.82, 2.24) is 9.21 Å². The summed E-state index contributed by atoms with van der Waals surface area (Å²) in [6, 6.07) is 4.01. The molecule has 2 aliphatic rings. The molecule has 1 aromatic rings. The largest absolute Gasteiger partial charge is 0.452 e. The number of nitrogens with zero attached hydrogens (tertiary/aromatic N) is 2. The molecular weight excluding hydrogens is 416 g/mol. The molecule has 2 aliphatic heterocycles. The van der Waals surface area contributed by atoms with E-state index >= 15 is 0 Å². The van der Waals surface area contributed by atoms with Gasteiger partial charge >= 0.3 is 5.97 Å². The second kappa shape index (κ2) is 9.45. The Labute approximate surface area is 177 Å². The maximum absolute atomic E-state index is 12.8. The number of carbonyl (C=O) groups is 2. The molecule has 3 rings (SSSR count). The van der Waals surface area contributed by atoms with Crippen molar-refractivity contribution in [2.24, 2.45) is 5.92 Å². The number of likely N-dealkylation sites (tertiary alicyclic amines) is 1. The second-order valence-electron chi connectivity index (χ2n) is 7.77. The minimum Gasteiger partial charge on any atom is -0.452 e. The van der Waals surface area contributed by atoms with Gasteiger partial charge in [-0.3, -0.25) is 4.79 Å². The number of carbonyl (C=O) groups excluding carboxylic acids is 2. The van der Waals surface area contributed by atoms with E-state index in [-0.39, 0.29) is 28.0 Å². The third-order valence-corrected chi connectivity index (χ3v) is 7.67. The predicted octanol–water partition coefficient (Wildman–Crippen LogP) is 2.93. The normalized spacial score (nSPS) is 21.0. The summed E-state index contributed by atoms with van der Waals surface area (Å²) < 4.78 is 32.3. The van der Waals surface area contributed by atoms with E-state index in [4.69, 9.17) is 16.3 Å². The van der Waals surface area contributed by atoms with Crippen molar-refractivity contribution in [3.63, 3.8) is 0 Å². The number of hydrogen-bond donors (Lipinski definition) is 0. The van der Waals surface area contributed by atoms with Crippen LogP contribution in [0.25, 0.3) is 0 Å². The number of amides is 1. The van der Waals surface area contributed by atoms with Gasteiger partial charge in [0.2, 0.25) is 10.0 Å². The summed E-state index contributed by atoms with van der Waals surface area (Å²) in [5.41, 5.74) is -0.0513. The second-order valence-corrected chi connectivity index (χ2v) is 10.1. The average Bonchev–Trinajstić information content (AvgIpc) is 2.72. The van der Waals surface area contributed by atoms with Crippen LogP contribution < -0.4 is 0 Å². The van der Waals surface area contributed by atoms with Crippen molar-refractivity contribution in [1.29, 1.82) is 0 Å². The van der Waals surface area contributed by atoms with E-state index in [1.54, 1.807) is 4.90 Å². The number of sulfonamides is 1. The Morgan fingerprint density at radius 2 is 1.86 bits per heavy atom. The highest BCUT2D eigenvalue weighted by molar-refractivity contribution is 7.89. The van der Waals surface area contributed by atoms with Crippen molar-refractivity contribution in [3.05, 3.63) is 28.8 Å². The summed E-state index contributed by atoms with van der Waals surface area (Å²) in [6.45, 7) is 3.94.